The fourth-order valence-electron chi connectivity index (χ4n) is 2.73. The maximum Gasteiger partial charge on any atom is 0.223 e. The third-order valence-electron chi connectivity index (χ3n) is 3.80. The minimum Gasteiger partial charge on any atom is -0.383 e. The average molecular weight is 353 g/mol. The molecule has 0 fully saturated rings. The topological polar surface area (TPSA) is 112 Å². The lowest BCUT2D eigenvalue weighted by atomic mass is 10.1. The fourth-order valence-corrected chi connectivity index (χ4v) is 3.68. The number of amides is 1. The standard InChI is InChI=1S/C16H15N7OS/c1-3-23-15-12(14(17)18-7-19-15)13(22-23)9-4-5-10-11(6-9)25-16(21-10)20-8(2)24/h4-7H,3H2,1-2H3,(H2,17,18,19)(H,20,21,24). The largest absolute Gasteiger partial charge is 0.383 e. The van der Waals surface area contributed by atoms with E-state index >= 15 is 0 Å². The number of rotatable bonds is 3. The summed E-state index contributed by atoms with van der Waals surface area (Å²) >= 11 is 1.42. The molecule has 1 amide bonds. The average Bonchev–Trinajstić information content (AvgIpc) is 3.14. The van der Waals surface area contributed by atoms with Crippen LogP contribution in [-0.2, 0) is 11.3 Å². The van der Waals surface area contributed by atoms with Gasteiger partial charge in [0.15, 0.2) is 10.8 Å². The van der Waals surface area contributed by atoms with Gasteiger partial charge in [-0.25, -0.2) is 19.6 Å². The van der Waals surface area contributed by atoms with Gasteiger partial charge in [-0.1, -0.05) is 17.4 Å². The van der Waals surface area contributed by atoms with Crippen molar-refractivity contribution in [1.82, 2.24) is 24.7 Å². The number of nitrogens with zero attached hydrogens (tertiary/aromatic N) is 5. The summed E-state index contributed by atoms with van der Waals surface area (Å²) in [7, 11) is 0. The molecule has 8 nitrogen and oxygen atoms in total. The molecule has 126 valence electrons. The molecule has 9 heteroatoms. The zero-order chi connectivity index (χ0) is 17.6. The lowest BCUT2D eigenvalue weighted by molar-refractivity contribution is -0.114. The molecule has 3 aromatic heterocycles. The van der Waals surface area contributed by atoms with Crippen LogP contribution in [0.4, 0.5) is 10.9 Å². The second-order valence-electron chi connectivity index (χ2n) is 5.50. The van der Waals surface area contributed by atoms with Gasteiger partial charge in [0.1, 0.15) is 17.8 Å². The van der Waals surface area contributed by atoms with Gasteiger partial charge >= 0.3 is 0 Å². The molecule has 4 aromatic rings. The van der Waals surface area contributed by atoms with Crippen LogP contribution in [0.5, 0.6) is 0 Å². The van der Waals surface area contributed by atoms with Crippen molar-refractivity contribution in [3.05, 3.63) is 24.5 Å². The maximum atomic E-state index is 11.2. The molecule has 0 atom stereocenters. The first-order chi connectivity index (χ1) is 12.1. The van der Waals surface area contributed by atoms with Crippen molar-refractivity contribution in [2.45, 2.75) is 20.4 Å². The quantitative estimate of drug-likeness (QED) is 0.586. The summed E-state index contributed by atoms with van der Waals surface area (Å²) in [6.45, 7) is 4.15. The molecule has 4 rings (SSSR count). The Kier molecular flexibility index (Phi) is 3.57. The minimum absolute atomic E-state index is 0.142. The predicted molar refractivity (Wildman–Crippen MR) is 98.3 cm³/mol. The number of benzene rings is 1. The number of nitrogens with two attached hydrogens (primary N) is 1. The number of anilines is 2. The molecule has 0 radical (unpaired) electrons. The highest BCUT2D eigenvalue weighted by molar-refractivity contribution is 7.22. The Morgan fingerprint density at radius 2 is 2.20 bits per heavy atom. The molecule has 0 aliphatic heterocycles. The molecule has 25 heavy (non-hydrogen) atoms. The van der Waals surface area contributed by atoms with Crippen LogP contribution in [0.15, 0.2) is 24.5 Å². The third-order valence-corrected chi connectivity index (χ3v) is 4.74. The second kappa shape index (κ2) is 5.78. The normalized spacial score (nSPS) is 11.3. The molecule has 3 N–H and O–H groups in total. The number of nitrogens with one attached hydrogen (secondary N) is 1. The zero-order valence-electron chi connectivity index (χ0n) is 13.6. The molecule has 0 bridgehead atoms. The van der Waals surface area contributed by atoms with E-state index in [4.69, 9.17) is 5.73 Å². The minimum atomic E-state index is -0.142. The van der Waals surface area contributed by atoms with E-state index in [1.54, 1.807) is 0 Å². The summed E-state index contributed by atoms with van der Waals surface area (Å²) in [5, 5.41) is 8.68. The van der Waals surface area contributed by atoms with Crippen LogP contribution in [0.3, 0.4) is 0 Å². The summed E-state index contributed by atoms with van der Waals surface area (Å²) in [6.07, 6.45) is 1.45. The Morgan fingerprint density at radius 3 is 2.96 bits per heavy atom. The molecule has 0 unspecified atom stereocenters. The van der Waals surface area contributed by atoms with E-state index in [1.165, 1.54) is 24.6 Å². The number of aryl methyl sites for hydroxylation is 1. The number of nitrogen functional groups attached to an aromatic ring is 1. The SMILES string of the molecule is CCn1nc(-c2ccc3nc(NC(C)=O)sc3c2)c2c(N)ncnc21. The number of carbonyl (C=O) groups excluding carboxylic acids is 1. The van der Waals surface area contributed by atoms with E-state index in [2.05, 4.69) is 25.4 Å². The second-order valence-corrected chi connectivity index (χ2v) is 6.54. The van der Waals surface area contributed by atoms with Crippen LogP contribution in [0.2, 0.25) is 0 Å². The van der Waals surface area contributed by atoms with Gasteiger partial charge in [-0.05, 0) is 19.1 Å². The molecule has 1 aromatic carbocycles. The maximum absolute atomic E-state index is 11.2. The van der Waals surface area contributed by atoms with Gasteiger partial charge < -0.3 is 11.1 Å². The summed E-state index contributed by atoms with van der Waals surface area (Å²) in [5.74, 6) is 0.264. The predicted octanol–water partition coefficient (Wildman–Crippen LogP) is 2.66. The van der Waals surface area contributed by atoms with E-state index in [9.17, 15) is 4.79 Å². The Balaban J connectivity index is 1.89. The first-order valence-corrected chi connectivity index (χ1v) is 8.54. The van der Waals surface area contributed by atoms with Crippen molar-refractivity contribution >= 4 is 49.4 Å². The van der Waals surface area contributed by atoms with E-state index < -0.39 is 0 Å². The van der Waals surface area contributed by atoms with E-state index in [0.29, 0.717) is 23.1 Å². The van der Waals surface area contributed by atoms with Gasteiger partial charge in [0.05, 0.1) is 15.6 Å². The van der Waals surface area contributed by atoms with Crippen molar-refractivity contribution in [2.24, 2.45) is 0 Å². The number of fused-ring (bicyclic) bond motifs is 2. The number of hydrogen-bond donors (Lipinski definition) is 2. The summed E-state index contributed by atoms with van der Waals surface area (Å²) in [4.78, 5) is 24.0. The van der Waals surface area contributed by atoms with Crippen LogP contribution in [0.1, 0.15) is 13.8 Å². The smallest absolute Gasteiger partial charge is 0.223 e. The van der Waals surface area contributed by atoms with Crippen LogP contribution in [0.25, 0.3) is 32.5 Å². The monoisotopic (exact) mass is 353 g/mol. The van der Waals surface area contributed by atoms with Crippen molar-refractivity contribution in [3.63, 3.8) is 0 Å². The van der Waals surface area contributed by atoms with Crippen molar-refractivity contribution < 1.29 is 4.79 Å². The van der Waals surface area contributed by atoms with Crippen LogP contribution in [-0.4, -0.2) is 30.6 Å². The molecule has 0 saturated heterocycles. The number of hydrogen-bond acceptors (Lipinski definition) is 7. The summed E-state index contributed by atoms with van der Waals surface area (Å²) < 4.78 is 2.76. The Bertz CT molecular complexity index is 1110. The molecule has 0 saturated carbocycles. The van der Waals surface area contributed by atoms with Crippen LogP contribution < -0.4 is 11.1 Å². The molecular formula is C16H15N7OS. The fraction of sp³-hybridized carbons (Fsp3) is 0.188. The number of carbonyl (C=O) groups is 1. The van der Waals surface area contributed by atoms with Crippen molar-refractivity contribution in [2.75, 3.05) is 11.1 Å². The summed E-state index contributed by atoms with van der Waals surface area (Å²) in [6, 6.07) is 5.84. The first-order valence-electron chi connectivity index (χ1n) is 7.72. The van der Waals surface area contributed by atoms with Crippen molar-refractivity contribution in [1.29, 1.82) is 0 Å². The van der Waals surface area contributed by atoms with Gasteiger partial charge in [-0.2, -0.15) is 5.10 Å². The van der Waals surface area contributed by atoms with Crippen LogP contribution in [0, 0.1) is 0 Å². The number of thiazole rings is 1. The zero-order valence-corrected chi connectivity index (χ0v) is 14.5. The van der Waals surface area contributed by atoms with Crippen LogP contribution >= 0.6 is 11.3 Å². The van der Waals surface area contributed by atoms with E-state index in [0.717, 1.165) is 26.9 Å². The molecule has 0 spiro atoms. The Hall–Kier alpha value is -3.07. The highest BCUT2D eigenvalue weighted by Crippen LogP contribution is 2.34. The number of aromatic nitrogens is 5. The molecule has 0 aliphatic rings. The lowest BCUT2D eigenvalue weighted by Gasteiger charge is -1.99. The van der Waals surface area contributed by atoms with Crippen molar-refractivity contribution in [3.8, 4) is 11.3 Å². The van der Waals surface area contributed by atoms with Gasteiger partial charge in [-0.3, -0.25) is 4.79 Å². The lowest BCUT2D eigenvalue weighted by Crippen LogP contribution is -2.04. The Labute approximate surface area is 146 Å². The highest BCUT2D eigenvalue weighted by atomic mass is 32.1. The van der Waals surface area contributed by atoms with Gasteiger partial charge in [0.25, 0.3) is 0 Å². The van der Waals surface area contributed by atoms with E-state index in [-0.39, 0.29) is 5.91 Å². The van der Waals surface area contributed by atoms with Gasteiger partial charge in [-0.15, -0.1) is 0 Å². The van der Waals surface area contributed by atoms with Gasteiger partial charge in [0.2, 0.25) is 5.91 Å². The first kappa shape index (κ1) is 15.5. The van der Waals surface area contributed by atoms with Gasteiger partial charge in [0, 0.05) is 19.0 Å². The molecule has 0 aliphatic carbocycles. The third kappa shape index (κ3) is 2.58. The highest BCUT2D eigenvalue weighted by Gasteiger charge is 2.17. The molecule has 3 heterocycles. The molecular weight excluding hydrogens is 338 g/mol. The summed E-state index contributed by atoms with van der Waals surface area (Å²) in [5.41, 5.74) is 9.26. The van der Waals surface area contributed by atoms with E-state index in [1.807, 2.05) is 29.8 Å². The Morgan fingerprint density at radius 1 is 1.36 bits per heavy atom.